The van der Waals surface area contributed by atoms with Crippen LogP contribution in [0.2, 0.25) is 0 Å². The van der Waals surface area contributed by atoms with Gasteiger partial charge in [-0.15, -0.1) is 0 Å². The van der Waals surface area contributed by atoms with Crippen LogP contribution < -0.4 is 5.32 Å². The van der Waals surface area contributed by atoms with Crippen molar-refractivity contribution >= 4 is 27.5 Å². The molecule has 0 bridgehead atoms. The van der Waals surface area contributed by atoms with Crippen LogP contribution in [0.3, 0.4) is 0 Å². The number of benzene rings is 1. The van der Waals surface area contributed by atoms with E-state index < -0.39 is 10.0 Å². The van der Waals surface area contributed by atoms with Crippen LogP contribution in [0.5, 0.6) is 0 Å². The average Bonchev–Trinajstić information content (AvgIpc) is 3.25. The normalized spacial score (nSPS) is 20.4. The quantitative estimate of drug-likeness (QED) is 0.650. The molecule has 8 nitrogen and oxygen atoms in total. The molecule has 1 aromatic carbocycles. The summed E-state index contributed by atoms with van der Waals surface area (Å²) in [5.74, 6) is 0.177. The molecule has 2 amide bonds. The van der Waals surface area contributed by atoms with E-state index in [1.165, 1.54) is 19.9 Å². The smallest absolute Gasteiger partial charge is 0.239 e. The zero-order chi connectivity index (χ0) is 24.3. The summed E-state index contributed by atoms with van der Waals surface area (Å²) in [4.78, 5) is 29.7. The number of hydrogen-bond acceptors (Lipinski definition) is 5. The molecule has 1 aliphatic heterocycles. The Balaban J connectivity index is 1.64. The van der Waals surface area contributed by atoms with Crippen LogP contribution in [-0.4, -0.2) is 79.9 Å². The van der Waals surface area contributed by atoms with Crippen molar-refractivity contribution in [3.8, 4) is 0 Å². The second-order valence-electron chi connectivity index (χ2n) is 9.76. The molecule has 9 heteroatoms. The first kappa shape index (κ1) is 25.6. The molecule has 2 aliphatic rings. The lowest BCUT2D eigenvalue weighted by atomic mass is 10.0. The van der Waals surface area contributed by atoms with Gasteiger partial charge in [-0.05, 0) is 56.4 Å². The molecule has 0 unspecified atom stereocenters. The van der Waals surface area contributed by atoms with Gasteiger partial charge in [0.05, 0.1) is 12.8 Å². The van der Waals surface area contributed by atoms with Crippen molar-refractivity contribution < 1.29 is 18.0 Å². The van der Waals surface area contributed by atoms with Gasteiger partial charge in [0.1, 0.15) is 0 Å². The van der Waals surface area contributed by atoms with Gasteiger partial charge in [0.2, 0.25) is 21.8 Å². The van der Waals surface area contributed by atoms with Crippen LogP contribution in [0.1, 0.15) is 49.3 Å². The number of likely N-dealkylation sites (N-methyl/N-ethyl adjacent to an activating group) is 1. The fourth-order valence-corrected chi connectivity index (χ4v) is 5.24. The van der Waals surface area contributed by atoms with Crippen molar-refractivity contribution in [2.75, 3.05) is 44.8 Å². The molecule has 0 radical (unpaired) electrons. The van der Waals surface area contributed by atoms with Gasteiger partial charge in [-0.25, -0.2) is 8.42 Å². The summed E-state index contributed by atoms with van der Waals surface area (Å²) in [6.07, 6.45) is 5.48. The number of piperazine rings is 1. The number of aryl methyl sites for hydroxylation is 1. The summed E-state index contributed by atoms with van der Waals surface area (Å²) in [7, 11) is -2.03. The Morgan fingerprint density at radius 2 is 1.82 bits per heavy atom. The Morgan fingerprint density at radius 1 is 1.15 bits per heavy atom. The SMILES string of the molecule is Cc1cc(CN2CCN(C(=O)C3CCCC3)[C@@H](C)C2)c(C)c(NC(=O)CN(C)S(C)(=O)=O)c1. The highest BCUT2D eigenvalue weighted by atomic mass is 32.2. The fraction of sp³-hybridized carbons (Fsp3) is 0.667. The lowest BCUT2D eigenvalue weighted by Gasteiger charge is -2.41. The van der Waals surface area contributed by atoms with Gasteiger partial charge in [-0.1, -0.05) is 18.9 Å². The van der Waals surface area contributed by atoms with Crippen LogP contribution in [0, 0.1) is 19.8 Å². The molecule has 2 fully saturated rings. The van der Waals surface area contributed by atoms with E-state index >= 15 is 0 Å². The van der Waals surface area contributed by atoms with Gasteiger partial charge in [-0.2, -0.15) is 4.31 Å². The fourth-order valence-electron chi connectivity index (χ4n) is 4.89. The predicted octanol–water partition coefficient (Wildman–Crippen LogP) is 2.36. The summed E-state index contributed by atoms with van der Waals surface area (Å²) in [5, 5.41) is 2.88. The third-order valence-electron chi connectivity index (χ3n) is 6.96. The maximum Gasteiger partial charge on any atom is 0.239 e. The zero-order valence-corrected chi connectivity index (χ0v) is 21.4. The van der Waals surface area contributed by atoms with E-state index in [0.29, 0.717) is 11.6 Å². The van der Waals surface area contributed by atoms with E-state index in [4.69, 9.17) is 0 Å². The molecule has 1 heterocycles. The van der Waals surface area contributed by atoms with E-state index in [1.54, 1.807) is 0 Å². The molecule has 1 saturated heterocycles. The number of amides is 2. The molecule has 3 rings (SSSR count). The number of rotatable bonds is 7. The van der Waals surface area contributed by atoms with Gasteiger partial charge < -0.3 is 10.2 Å². The zero-order valence-electron chi connectivity index (χ0n) is 20.6. The van der Waals surface area contributed by atoms with Crippen LogP contribution >= 0.6 is 0 Å². The van der Waals surface area contributed by atoms with Crippen molar-refractivity contribution in [3.63, 3.8) is 0 Å². The Labute approximate surface area is 198 Å². The third kappa shape index (κ3) is 6.55. The first-order valence-electron chi connectivity index (χ1n) is 11.8. The highest BCUT2D eigenvalue weighted by Gasteiger charge is 2.33. The topological polar surface area (TPSA) is 90.0 Å². The molecule has 1 atom stereocenters. The standard InChI is InChI=1S/C24H38N4O4S/c1-17-12-21(19(3)22(13-17)25-23(29)16-26(4)33(5,31)32)15-27-10-11-28(18(2)14-27)24(30)20-8-6-7-9-20/h12-13,18,20H,6-11,14-16H2,1-5H3,(H,25,29)/t18-/m0/s1. The average molecular weight is 479 g/mol. The summed E-state index contributed by atoms with van der Waals surface area (Å²) < 4.78 is 24.2. The molecule has 1 N–H and O–H groups in total. The highest BCUT2D eigenvalue weighted by molar-refractivity contribution is 7.88. The minimum absolute atomic E-state index is 0.183. The Hall–Kier alpha value is -1.97. The number of carbonyl (C=O) groups excluding carboxylic acids is 2. The summed E-state index contributed by atoms with van der Waals surface area (Å²) in [6.45, 7) is 9.03. The maximum absolute atomic E-state index is 12.9. The van der Waals surface area contributed by atoms with Crippen molar-refractivity contribution in [1.82, 2.24) is 14.1 Å². The number of carbonyl (C=O) groups is 2. The molecule has 33 heavy (non-hydrogen) atoms. The van der Waals surface area contributed by atoms with Crippen molar-refractivity contribution in [2.24, 2.45) is 5.92 Å². The van der Waals surface area contributed by atoms with Crippen LogP contribution in [0.4, 0.5) is 5.69 Å². The van der Waals surface area contributed by atoms with Crippen LogP contribution in [-0.2, 0) is 26.2 Å². The second-order valence-corrected chi connectivity index (χ2v) is 11.9. The lowest BCUT2D eigenvalue weighted by molar-refractivity contribution is -0.140. The maximum atomic E-state index is 12.9. The van der Waals surface area contributed by atoms with E-state index in [0.717, 1.165) is 66.3 Å². The van der Waals surface area contributed by atoms with Crippen LogP contribution in [0.25, 0.3) is 0 Å². The molecular formula is C24H38N4O4S. The van der Waals surface area contributed by atoms with Gasteiger partial charge in [0.15, 0.2) is 0 Å². The number of nitrogens with zero attached hydrogens (tertiary/aromatic N) is 3. The first-order valence-corrected chi connectivity index (χ1v) is 13.6. The predicted molar refractivity (Wildman–Crippen MR) is 130 cm³/mol. The third-order valence-corrected chi connectivity index (χ3v) is 8.22. The molecule has 1 aromatic rings. The molecule has 1 saturated carbocycles. The highest BCUT2D eigenvalue weighted by Crippen LogP contribution is 2.29. The van der Waals surface area contributed by atoms with E-state index in [1.807, 2.05) is 19.9 Å². The van der Waals surface area contributed by atoms with Crippen molar-refractivity contribution in [3.05, 3.63) is 28.8 Å². The minimum atomic E-state index is -3.42. The lowest BCUT2D eigenvalue weighted by Crippen LogP contribution is -2.54. The first-order chi connectivity index (χ1) is 15.5. The molecule has 0 spiro atoms. The monoisotopic (exact) mass is 478 g/mol. The van der Waals surface area contributed by atoms with E-state index in [-0.39, 0.29) is 24.4 Å². The number of sulfonamides is 1. The molecule has 184 valence electrons. The molecule has 0 aromatic heterocycles. The van der Waals surface area contributed by atoms with Crippen molar-refractivity contribution in [1.29, 1.82) is 0 Å². The van der Waals surface area contributed by atoms with Gasteiger partial charge in [0, 0.05) is 50.9 Å². The Bertz CT molecular complexity index is 988. The largest absolute Gasteiger partial charge is 0.337 e. The number of nitrogens with one attached hydrogen (secondary N) is 1. The molecular weight excluding hydrogens is 440 g/mol. The number of hydrogen-bond donors (Lipinski definition) is 1. The van der Waals surface area contributed by atoms with Gasteiger partial charge in [-0.3, -0.25) is 14.5 Å². The van der Waals surface area contributed by atoms with E-state index in [9.17, 15) is 18.0 Å². The second kappa shape index (κ2) is 10.5. The Morgan fingerprint density at radius 3 is 2.42 bits per heavy atom. The van der Waals surface area contributed by atoms with Gasteiger partial charge >= 0.3 is 0 Å². The summed E-state index contributed by atoms with van der Waals surface area (Å²) in [5.41, 5.74) is 3.85. The van der Waals surface area contributed by atoms with Gasteiger partial charge in [0.25, 0.3) is 0 Å². The molecule has 1 aliphatic carbocycles. The summed E-state index contributed by atoms with van der Waals surface area (Å²) in [6, 6.07) is 4.23. The minimum Gasteiger partial charge on any atom is -0.337 e. The van der Waals surface area contributed by atoms with Crippen LogP contribution in [0.15, 0.2) is 12.1 Å². The number of anilines is 1. The van der Waals surface area contributed by atoms with E-state index in [2.05, 4.69) is 28.1 Å². The van der Waals surface area contributed by atoms with Crippen molar-refractivity contribution in [2.45, 2.75) is 59.0 Å². The summed E-state index contributed by atoms with van der Waals surface area (Å²) >= 11 is 0. The Kier molecular flexibility index (Phi) is 8.18.